The van der Waals surface area contributed by atoms with Crippen molar-refractivity contribution in [1.29, 1.82) is 0 Å². The lowest BCUT2D eigenvalue weighted by atomic mass is 10.1. The van der Waals surface area contributed by atoms with E-state index in [-0.39, 0.29) is 6.10 Å². The van der Waals surface area contributed by atoms with E-state index in [0.717, 1.165) is 40.3 Å². The SMILES string of the molecule is CC(C)Oc1ccc2c(c1)nc(-c1ccc(OCC[C@@H]3CCCN3C)cc1Cl)n2Cc1ccccc1. The summed E-state index contributed by atoms with van der Waals surface area (Å²) >= 11 is 6.83. The van der Waals surface area contributed by atoms with Crippen LogP contribution in [0.3, 0.4) is 0 Å². The quantitative estimate of drug-likeness (QED) is 0.245. The molecule has 0 bridgehead atoms. The lowest BCUT2D eigenvalue weighted by Gasteiger charge is -2.19. The van der Waals surface area contributed by atoms with Crippen LogP contribution in [0.1, 0.15) is 38.7 Å². The summed E-state index contributed by atoms with van der Waals surface area (Å²) in [5, 5.41) is 0.633. The maximum Gasteiger partial charge on any atom is 0.142 e. The van der Waals surface area contributed by atoms with Crippen LogP contribution in [0, 0.1) is 0 Å². The van der Waals surface area contributed by atoms with Crippen molar-refractivity contribution >= 4 is 22.6 Å². The molecule has 5 rings (SSSR count). The predicted octanol–water partition coefficient (Wildman–Crippen LogP) is 7.06. The molecule has 0 N–H and O–H groups in total. The van der Waals surface area contributed by atoms with E-state index in [1.54, 1.807) is 0 Å². The van der Waals surface area contributed by atoms with Crippen LogP contribution < -0.4 is 9.47 Å². The first-order valence-electron chi connectivity index (χ1n) is 12.8. The average molecular weight is 504 g/mol. The molecular formula is C30H34ClN3O2. The van der Waals surface area contributed by atoms with Gasteiger partial charge in [-0.25, -0.2) is 4.98 Å². The number of ether oxygens (including phenoxy) is 2. The molecule has 1 saturated heterocycles. The second-order valence-electron chi connectivity index (χ2n) is 9.88. The number of imidazole rings is 1. The smallest absolute Gasteiger partial charge is 0.142 e. The Kier molecular flexibility index (Phi) is 7.49. The lowest BCUT2D eigenvalue weighted by molar-refractivity contribution is 0.233. The molecule has 2 heterocycles. The number of aromatic nitrogens is 2. The van der Waals surface area contributed by atoms with Gasteiger partial charge in [0.25, 0.3) is 0 Å². The van der Waals surface area contributed by atoms with Gasteiger partial charge < -0.3 is 18.9 Å². The normalized spacial score (nSPS) is 16.2. The van der Waals surface area contributed by atoms with Gasteiger partial charge in [0.2, 0.25) is 0 Å². The standard InChI is InChI=1S/C30H34ClN3O2/c1-21(2)36-25-12-14-29-28(19-25)32-30(34(29)20-22-8-5-4-6-9-22)26-13-11-24(18-27(26)31)35-17-15-23-10-7-16-33(23)3/h4-6,8-9,11-14,18-19,21,23H,7,10,15-17,20H2,1-3H3/t23-/m0/s1. The molecule has 0 radical (unpaired) electrons. The molecule has 1 fully saturated rings. The fourth-order valence-electron chi connectivity index (χ4n) is 5.01. The lowest BCUT2D eigenvalue weighted by Crippen LogP contribution is -2.26. The van der Waals surface area contributed by atoms with E-state index >= 15 is 0 Å². The van der Waals surface area contributed by atoms with Gasteiger partial charge in [-0.15, -0.1) is 0 Å². The Labute approximate surface area is 218 Å². The molecule has 1 aromatic heterocycles. The van der Waals surface area contributed by atoms with Crippen molar-refractivity contribution in [2.24, 2.45) is 0 Å². The summed E-state index contributed by atoms with van der Waals surface area (Å²) in [6, 6.07) is 23.1. The van der Waals surface area contributed by atoms with Gasteiger partial charge in [0.1, 0.15) is 17.3 Å². The van der Waals surface area contributed by atoms with Crippen molar-refractivity contribution in [2.75, 3.05) is 20.2 Å². The van der Waals surface area contributed by atoms with Gasteiger partial charge in [-0.3, -0.25) is 0 Å². The molecule has 3 aromatic carbocycles. The Balaban J connectivity index is 1.44. The first kappa shape index (κ1) is 24.7. The molecule has 0 unspecified atom stereocenters. The number of rotatable bonds is 9. The van der Waals surface area contributed by atoms with Crippen molar-refractivity contribution in [3.63, 3.8) is 0 Å². The van der Waals surface area contributed by atoms with Crippen LogP contribution in [-0.2, 0) is 6.54 Å². The van der Waals surface area contributed by atoms with E-state index in [1.165, 1.54) is 24.9 Å². The summed E-state index contributed by atoms with van der Waals surface area (Å²) in [6.45, 7) is 6.62. The minimum absolute atomic E-state index is 0.101. The van der Waals surface area contributed by atoms with E-state index in [4.69, 9.17) is 26.1 Å². The maximum absolute atomic E-state index is 6.83. The van der Waals surface area contributed by atoms with Gasteiger partial charge in [-0.1, -0.05) is 41.9 Å². The van der Waals surface area contributed by atoms with Crippen LogP contribution in [0.5, 0.6) is 11.5 Å². The topological polar surface area (TPSA) is 39.5 Å². The number of likely N-dealkylation sites (tertiary alicyclic amines) is 1. The van der Waals surface area contributed by atoms with Crippen LogP contribution in [0.4, 0.5) is 0 Å². The fourth-order valence-corrected chi connectivity index (χ4v) is 5.27. The Morgan fingerprint density at radius 2 is 1.83 bits per heavy atom. The Bertz CT molecular complexity index is 1320. The van der Waals surface area contributed by atoms with E-state index in [2.05, 4.69) is 46.8 Å². The Morgan fingerprint density at radius 1 is 1.03 bits per heavy atom. The Morgan fingerprint density at radius 3 is 2.56 bits per heavy atom. The zero-order valence-corrected chi connectivity index (χ0v) is 22.0. The highest BCUT2D eigenvalue weighted by atomic mass is 35.5. The van der Waals surface area contributed by atoms with Crippen LogP contribution in [0.2, 0.25) is 5.02 Å². The molecule has 36 heavy (non-hydrogen) atoms. The second kappa shape index (κ2) is 10.9. The fraction of sp³-hybridized carbons (Fsp3) is 0.367. The number of halogens is 1. The monoisotopic (exact) mass is 503 g/mol. The van der Waals surface area contributed by atoms with Crippen LogP contribution >= 0.6 is 11.6 Å². The molecule has 0 spiro atoms. The average Bonchev–Trinajstić information content (AvgIpc) is 3.42. The number of fused-ring (bicyclic) bond motifs is 1. The van der Waals surface area contributed by atoms with Gasteiger partial charge >= 0.3 is 0 Å². The number of nitrogens with zero attached hydrogens (tertiary/aromatic N) is 3. The van der Waals surface area contributed by atoms with E-state index in [1.807, 2.05) is 50.2 Å². The zero-order valence-electron chi connectivity index (χ0n) is 21.3. The molecule has 0 saturated carbocycles. The van der Waals surface area contributed by atoms with Crippen molar-refractivity contribution in [2.45, 2.75) is 51.8 Å². The molecular weight excluding hydrogens is 470 g/mol. The molecule has 0 amide bonds. The minimum atomic E-state index is 0.101. The molecule has 6 heteroatoms. The van der Waals surface area contributed by atoms with Crippen LogP contribution in [-0.4, -0.2) is 46.8 Å². The Hall–Kier alpha value is -3.02. The van der Waals surface area contributed by atoms with E-state index in [9.17, 15) is 0 Å². The van der Waals surface area contributed by atoms with Gasteiger partial charge in [0.05, 0.1) is 28.8 Å². The van der Waals surface area contributed by atoms with Gasteiger partial charge in [0.15, 0.2) is 0 Å². The van der Waals surface area contributed by atoms with Crippen molar-refractivity contribution in [1.82, 2.24) is 14.5 Å². The maximum atomic E-state index is 6.83. The third kappa shape index (κ3) is 5.53. The first-order chi connectivity index (χ1) is 17.5. The van der Waals surface area contributed by atoms with E-state index in [0.29, 0.717) is 24.2 Å². The van der Waals surface area contributed by atoms with Crippen molar-refractivity contribution in [3.8, 4) is 22.9 Å². The highest BCUT2D eigenvalue weighted by Gasteiger charge is 2.21. The molecule has 0 aliphatic carbocycles. The summed E-state index contributed by atoms with van der Waals surface area (Å²) in [5.41, 5.74) is 4.02. The second-order valence-corrected chi connectivity index (χ2v) is 10.3. The number of hydrogen-bond acceptors (Lipinski definition) is 4. The van der Waals surface area contributed by atoms with Gasteiger partial charge in [0, 0.05) is 24.2 Å². The minimum Gasteiger partial charge on any atom is -0.493 e. The highest BCUT2D eigenvalue weighted by Crippen LogP contribution is 2.34. The molecule has 1 aliphatic heterocycles. The molecule has 5 nitrogen and oxygen atoms in total. The van der Waals surface area contributed by atoms with Gasteiger partial charge in [-0.2, -0.15) is 0 Å². The summed E-state index contributed by atoms with van der Waals surface area (Å²) in [6.07, 6.45) is 3.66. The first-order valence-corrected chi connectivity index (χ1v) is 13.2. The highest BCUT2D eigenvalue weighted by molar-refractivity contribution is 6.33. The third-order valence-corrected chi connectivity index (χ3v) is 7.16. The molecule has 1 atom stereocenters. The van der Waals surface area contributed by atoms with Crippen molar-refractivity contribution < 1.29 is 9.47 Å². The summed E-state index contributed by atoms with van der Waals surface area (Å²) in [4.78, 5) is 7.44. The third-order valence-electron chi connectivity index (χ3n) is 6.85. The summed E-state index contributed by atoms with van der Waals surface area (Å²) in [5.74, 6) is 2.44. The number of hydrogen-bond donors (Lipinski definition) is 0. The zero-order chi connectivity index (χ0) is 25.1. The van der Waals surface area contributed by atoms with Crippen molar-refractivity contribution in [3.05, 3.63) is 77.3 Å². The predicted molar refractivity (Wildman–Crippen MR) is 147 cm³/mol. The van der Waals surface area contributed by atoms with Crippen LogP contribution in [0.15, 0.2) is 66.7 Å². The van der Waals surface area contributed by atoms with Gasteiger partial charge in [-0.05, 0) is 82.6 Å². The van der Waals surface area contributed by atoms with E-state index < -0.39 is 0 Å². The number of benzene rings is 3. The molecule has 1 aliphatic rings. The largest absolute Gasteiger partial charge is 0.493 e. The summed E-state index contributed by atoms with van der Waals surface area (Å²) in [7, 11) is 2.20. The summed E-state index contributed by atoms with van der Waals surface area (Å²) < 4.78 is 14.2. The molecule has 188 valence electrons. The molecule has 4 aromatic rings. The van der Waals surface area contributed by atoms with Crippen LogP contribution in [0.25, 0.3) is 22.4 Å².